The molecule has 0 saturated heterocycles. The lowest BCUT2D eigenvalue weighted by molar-refractivity contribution is -0.123. The predicted octanol–water partition coefficient (Wildman–Crippen LogP) is -0.0966. The molecule has 1 heterocycles. The Labute approximate surface area is 116 Å². The Morgan fingerprint density at radius 2 is 2.35 bits per heavy atom. The molecular formula is C13H17N3O4. The molecule has 0 aliphatic rings. The number of amides is 1. The minimum absolute atomic E-state index is 0.0901. The first-order chi connectivity index (χ1) is 9.69. The molecule has 0 unspecified atom stereocenters. The highest BCUT2D eigenvalue weighted by molar-refractivity contribution is 5.77. The fourth-order valence-corrected chi connectivity index (χ4v) is 1.46. The van der Waals surface area contributed by atoms with E-state index in [9.17, 15) is 9.59 Å². The molecule has 1 amide bonds. The fourth-order valence-electron chi connectivity index (χ4n) is 1.46. The minimum atomic E-state index is -0.354. The number of nitrogens with one attached hydrogen (secondary N) is 1. The molecule has 0 spiro atoms. The number of pyridine rings is 1. The van der Waals surface area contributed by atoms with Crippen LogP contribution in [0.15, 0.2) is 23.1 Å². The molecule has 1 aromatic heterocycles. The van der Waals surface area contributed by atoms with Gasteiger partial charge in [-0.2, -0.15) is 5.26 Å². The molecule has 0 aromatic carbocycles. The number of aromatic nitrogens is 1. The highest BCUT2D eigenvalue weighted by Crippen LogP contribution is 2.02. The van der Waals surface area contributed by atoms with Crippen molar-refractivity contribution in [2.24, 2.45) is 0 Å². The Morgan fingerprint density at radius 3 is 3.05 bits per heavy atom. The molecule has 0 atom stereocenters. The van der Waals surface area contributed by atoms with Crippen molar-refractivity contribution in [3.63, 3.8) is 0 Å². The van der Waals surface area contributed by atoms with Gasteiger partial charge in [-0.3, -0.25) is 9.59 Å². The zero-order valence-corrected chi connectivity index (χ0v) is 11.3. The second-order valence-corrected chi connectivity index (χ2v) is 3.91. The Morgan fingerprint density at radius 1 is 1.55 bits per heavy atom. The zero-order chi connectivity index (χ0) is 14.8. The number of nitriles is 1. The first-order valence-electron chi connectivity index (χ1n) is 6.14. The van der Waals surface area contributed by atoms with Crippen LogP contribution >= 0.6 is 0 Å². The lowest BCUT2D eigenvalue weighted by Gasteiger charge is -2.08. The summed E-state index contributed by atoms with van der Waals surface area (Å²) in [6, 6.07) is 5.09. The van der Waals surface area contributed by atoms with Gasteiger partial charge in [-0.1, -0.05) is 0 Å². The second-order valence-electron chi connectivity index (χ2n) is 3.91. The van der Waals surface area contributed by atoms with E-state index in [-0.39, 0.29) is 30.2 Å². The highest BCUT2D eigenvalue weighted by Gasteiger charge is 2.07. The van der Waals surface area contributed by atoms with Crippen molar-refractivity contribution in [1.29, 1.82) is 5.26 Å². The standard InChI is InChI=1S/C13H17N3O4/c1-19-9-6-15-12(17)10-20-11-4-2-7-16(13(11)18)8-3-5-14/h2,4,7H,3,6,8-10H2,1H3,(H,15,17). The lowest BCUT2D eigenvalue weighted by atomic mass is 10.4. The molecule has 0 fully saturated rings. The van der Waals surface area contributed by atoms with Gasteiger partial charge >= 0.3 is 0 Å². The number of aryl methyl sites for hydroxylation is 1. The summed E-state index contributed by atoms with van der Waals surface area (Å²) in [5.41, 5.74) is -0.354. The molecule has 0 saturated carbocycles. The van der Waals surface area contributed by atoms with Crippen LogP contribution in [0.5, 0.6) is 5.75 Å². The number of rotatable bonds is 8. The van der Waals surface area contributed by atoms with Crippen LogP contribution < -0.4 is 15.6 Å². The van der Waals surface area contributed by atoms with Crippen molar-refractivity contribution in [2.45, 2.75) is 13.0 Å². The largest absolute Gasteiger partial charge is 0.478 e. The Balaban J connectivity index is 2.54. The minimum Gasteiger partial charge on any atom is -0.478 e. The molecular weight excluding hydrogens is 262 g/mol. The third kappa shape index (κ3) is 5.12. The summed E-state index contributed by atoms with van der Waals surface area (Å²) in [5, 5.41) is 11.1. The van der Waals surface area contributed by atoms with Crippen molar-refractivity contribution in [3.8, 4) is 11.8 Å². The number of methoxy groups -OCH3 is 1. The van der Waals surface area contributed by atoms with E-state index in [1.807, 2.05) is 6.07 Å². The summed E-state index contributed by atoms with van der Waals surface area (Å²) < 4.78 is 11.3. The van der Waals surface area contributed by atoms with Crippen molar-refractivity contribution in [1.82, 2.24) is 9.88 Å². The Hall–Kier alpha value is -2.33. The van der Waals surface area contributed by atoms with Gasteiger partial charge in [0.1, 0.15) is 0 Å². The van der Waals surface area contributed by atoms with Gasteiger partial charge in [0.05, 0.1) is 19.1 Å². The molecule has 0 aliphatic carbocycles. The summed E-state index contributed by atoms with van der Waals surface area (Å²) in [6.07, 6.45) is 1.81. The van der Waals surface area contributed by atoms with Crippen molar-refractivity contribution in [2.75, 3.05) is 26.9 Å². The van der Waals surface area contributed by atoms with Gasteiger partial charge in [0.15, 0.2) is 12.4 Å². The van der Waals surface area contributed by atoms with Crippen LogP contribution in [0, 0.1) is 11.3 Å². The fraction of sp³-hybridized carbons (Fsp3) is 0.462. The molecule has 108 valence electrons. The molecule has 0 aliphatic heterocycles. The van der Waals surface area contributed by atoms with Gasteiger partial charge in [-0.25, -0.2) is 0 Å². The van der Waals surface area contributed by atoms with Crippen LogP contribution in [-0.2, 0) is 16.1 Å². The third-order valence-electron chi connectivity index (χ3n) is 2.44. The molecule has 1 rings (SSSR count). The number of ether oxygens (including phenoxy) is 2. The van der Waals surface area contributed by atoms with Gasteiger partial charge in [-0.15, -0.1) is 0 Å². The number of hydrogen-bond acceptors (Lipinski definition) is 5. The van der Waals surface area contributed by atoms with E-state index < -0.39 is 0 Å². The van der Waals surface area contributed by atoms with E-state index in [0.29, 0.717) is 19.7 Å². The molecule has 0 bridgehead atoms. The topological polar surface area (TPSA) is 93.3 Å². The first kappa shape index (κ1) is 15.7. The summed E-state index contributed by atoms with van der Waals surface area (Å²) >= 11 is 0. The average Bonchev–Trinajstić information content (AvgIpc) is 2.45. The maximum Gasteiger partial charge on any atom is 0.292 e. The molecule has 7 heteroatoms. The quantitative estimate of drug-likeness (QED) is 0.671. The van der Waals surface area contributed by atoms with E-state index in [0.717, 1.165) is 0 Å². The van der Waals surface area contributed by atoms with Crippen molar-refractivity contribution < 1.29 is 14.3 Å². The monoisotopic (exact) mass is 279 g/mol. The first-order valence-corrected chi connectivity index (χ1v) is 6.14. The van der Waals surface area contributed by atoms with Crippen LogP contribution in [-0.4, -0.2) is 37.3 Å². The SMILES string of the molecule is COCCNC(=O)COc1cccn(CCC#N)c1=O. The molecule has 1 aromatic rings. The number of nitrogens with zero attached hydrogens (tertiary/aromatic N) is 2. The van der Waals surface area contributed by atoms with Gasteiger partial charge in [-0.05, 0) is 12.1 Å². The molecule has 1 N–H and O–H groups in total. The normalized spacial score (nSPS) is 9.80. The molecule has 7 nitrogen and oxygen atoms in total. The van der Waals surface area contributed by atoms with E-state index in [1.165, 1.54) is 17.7 Å². The maximum absolute atomic E-state index is 11.9. The molecule has 20 heavy (non-hydrogen) atoms. The van der Waals surface area contributed by atoms with Crippen LogP contribution in [0.2, 0.25) is 0 Å². The predicted molar refractivity (Wildman–Crippen MR) is 71.3 cm³/mol. The number of hydrogen-bond donors (Lipinski definition) is 1. The van der Waals surface area contributed by atoms with Gasteiger partial charge < -0.3 is 19.4 Å². The van der Waals surface area contributed by atoms with E-state index >= 15 is 0 Å². The van der Waals surface area contributed by atoms with Crippen molar-refractivity contribution in [3.05, 3.63) is 28.7 Å². The summed E-state index contributed by atoms with van der Waals surface area (Å²) in [5.74, 6) is -0.235. The lowest BCUT2D eigenvalue weighted by Crippen LogP contribution is -2.32. The average molecular weight is 279 g/mol. The summed E-state index contributed by atoms with van der Waals surface area (Å²) in [4.78, 5) is 23.3. The number of carbonyl (C=O) groups excluding carboxylic acids is 1. The maximum atomic E-state index is 11.9. The highest BCUT2D eigenvalue weighted by atomic mass is 16.5. The van der Waals surface area contributed by atoms with Crippen LogP contribution in [0.1, 0.15) is 6.42 Å². The third-order valence-corrected chi connectivity index (χ3v) is 2.44. The van der Waals surface area contributed by atoms with Gasteiger partial charge in [0.25, 0.3) is 11.5 Å². The van der Waals surface area contributed by atoms with Crippen LogP contribution in [0.25, 0.3) is 0 Å². The Bertz CT molecular complexity index is 533. The van der Waals surface area contributed by atoms with Crippen molar-refractivity contribution >= 4 is 5.91 Å². The second kappa shape index (κ2) is 8.72. The van der Waals surface area contributed by atoms with Crippen LogP contribution in [0.3, 0.4) is 0 Å². The Kier molecular flexibility index (Phi) is 6.85. The van der Waals surface area contributed by atoms with E-state index in [1.54, 1.807) is 12.3 Å². The molecule has 0 radical (unpaired) electrons. The van der Waals surface area contributed by atoms with E-state index in [4.69, 9.17) is 14.7 Å². The zero-order valence-electron chi connectivity index (χ0n) is 11.3. The smallest absolute Gasteiger partial charge is 0.292 e. The summed E-state index contributed by atoms with van der Waals surface area (Å²) in [7, 11) is 1.54. The number of carbonyl (C=O) groups is 1. The van der Waals surface area contributed by atoms with E-state index in [2.05, 4.69) is 5.32 Å². The van der Waals surface area contributed by atoms with Gasteiger partial charge in [0.2, 0.25) is 0 Å². The summed E-state index contributed by atoms with van der Waals surface area (Å²) in [6.45, 7) is 0.867. The van der Waals surface area contributed by atoms with Crippen LogP contribution in [0.4, 0.5) is 0 Å². The van der Waals surface area contributed by atoms with Gasteiger partial charge in [0, 0.05) is 26.4 Å².